The first-order chi connectivity index (χ1) is 10.3. The van der Waals surface area contributed by atoms with Crippen LogP contribution in [0.3, 0.4) is 0 Å². The summed E-state index contributed by atoms with van der Waals surface area (Å²) in [4.78, 5) is 30.5. The monoisotopic (exact) mass is 285 g/mol. The van der Waals surface area contributed by atoms with Gasteiger partial charge < -0.3 is 9.80 Å². The number of imide groups is 1. The number of carbonyl (C=O) groups is 2. The van der Waals surface area contributed by atoms with Crippen LogP contribution in [0.4, 0.5) is 10.5 Å². The zero-order chi connectivity index (χ0) is 14.4. The second kappa shape index (κ2) is 4.76. The lowest BCUT2D eigenvalue weighted by molar-refractivity contribution is -0.129. The second-order valence-electron chi connectivity index (χ2n) is 6.07. The fourth-order valence-electron chi connectivity index (χ4n) is 3.81. The first-order valence-corrected chi connectivity index (χ1v) is 7.69. The van der Waals surface area contributed by atoms with E-state index in [4.69, 9.17) is 0 Å². The van der Waals surface area contributed by atoms with Gasteiger partial charge in [0.1, 0.15) is 6.04 Å². The van der Waals surface area contributed by atoms with Crippen LogP contribution >= 0.6 is 0 Å². The molecule has 2 atom stereocenters. The van der Waals surface area contributed by atoms with Crippen molar-refractivity contribution in [2.24, 2.45) is 0 Å². The Balaban J connectivity index is 1.51. The number of carbonyl (C=O) groups excluding carboxylic acids is 2. The Labute approximate surface area is 124 Å². The van der Waals surface area contributed by atoms with Crippen molar-refractivity contribution >= 4 is 17.6 Å². The van der Waals surface area contributed by atoms with Gasteiger partial charge >= 0.3 is 6.03 Å². The molecule has 3 aliphatic heterocycles. The van der Waals surface area contributed by atoms with E-state index < -0.39 is 0 Å². The number of hydrogen-bond donors (Lipinski definition) is 0. The van der Waals surface area contributed by atoms with Crippen molar-refractivity contribution in [2.75, 3.05) is 24.5 Å². The molecule has 0 saturated carbocycles. The quantitative estimate of drug-likeness (QED) is 0.777. The molecule has 5 nitrogen and oxygen atoms in total. The summed E-state index contributed by atoms with van der Waals surface area (Å²) in [5.74, 6) is 0.0254. The van der Waals surface area contributed by atoms with Crippen LogP contribution in [-0.2, 0) is 4.79 Å². The van der Waals surface area contributed by atoms with Gasteiger partial charge in [-0.1, -0.05) is 18.2 Å². The minimum absolute atomic E-state index is 0.0239. The maximum absolute atomic E-state index is 12.5. The molecule has 3 saturated heterocycles. The van der Waals surface area contributed by atoms with Crippen molar-refractivity contribution in [3.05, 3.63) is 30.3 Å². The third kappa shape index (κ3) is 1.91. The molecule has 110 valence electrons. The Kier molecular flexibility index (Phi) is 2.87. The van der Waals surface area contributed by atoms with Gasteiger partial charge in [-0.2, -0.15) is 0 Å². The Morgan fingerprint density at radius 2 is 1.81 bits per heavy atom. The molecule has 3 amide bonds. The van der Waals surface area contributed by atoms with Gasteiger partial charge in [0.15, 0.2) is 0 Å². The maximum atomic E-state index is 12.5. The topological polar surface area (TPSA) is 43.9 Å². The van der Waals surface area contributed by atoms with Crippen molar-refractivity contribution in [3.63, 3.8) is 0 Å². The number of hydrogen-bond acceptors (Lipinski definition) is 3. The summed E-state index contributed by atoms with van der Waals surface area (Å²) in [5.41, 5.74) is 1.17. The van der Waals surface area contributed by atoms with Gasteiger partial charge in [0.05, 0.1) is 6.04 Å². The molecule has 0 N–H and O–H groups in total. The Morgan fingerprint density at radius 1 is 1.00 bits per heavy atom. The molecular weight excluding hydrogens is 266 g/mol. The van der Waals surface area contributed by atoms with Gasteiger partial charge in [-0.25, -0.2) is 4.79 Å². The fourth-order valence-corrected chi connectivity index (χ4v) is 3.81. The molecule has 0 unspecified atom stereocenters. The molecule has 1 aromatic carbocycles. The highest BCUT2D eigenvalue weighted by Crippen LogP contribution is 2.32. The molecule has 0 aromatic heterocycles. The standard InChI is InChI=1S/C16H19N3O2/c20-15-14-7-4-9-18(14)16(21)19(15)13-8-10-17(11-13)12-5-2-1-3-6-12/h1-3,5-6,13-14H,4,7-11H2/t13-,14-/m0/s1. The summed E-state index contributed by atoms with van der Waals surface area (Å²) in [6, 6.07) is 9.97. The van der Waals surface area contributed by atoms with E-state index in [9.17, 15) is 9.59 Å². The Hall–Kier alpha value is -2.04. The lowest BCUT2D eigenvalue weighted by Gasteiger charge is -2.23. The number of nitrogens with zero attached hydrogens (tertiary/aromatic N) is 3. The van der Waals surface area contributed by atoms with Crippen molar-refractivity contribution in [1.82, 2.24) is 9.80 Å². The number of urea groups is 1. The molecule has 0 spiro atoms. The average Bonchev–Trinajstić information content (AvgIpc) is 3.20. The van der Waals surface area contributed by atoms with Crippen LogP contribution < -0.4 is 4.90 Å². The third-order valence-corrected chi connectivity index (χ3v) is 4.88. The van der Waals surface area contributed by atoms with Gasteiger partial charge in [0.25, 0.3) is 5.91 Å². The SMILES string of the molecule is O=C1[C@@H]2CCCN2C(=O)N1[C@H]1CCN(c2ccccc2)C1. The van der Waals surface area contributed by atoms with E-state index in [-0.39, 0.29) is 24.0 Å². The summed E-state index contributed by atoms with van der Waals surface area (Å²) in [6.45, 7) is 2.39. The van der Waals surface area contributed by atoms with E-state index in [1.54, 1.807) is 4.90 Å². The molecule has 0 radical (unpaired) electrons. The maximum Gasteiger partial charge on any atom is 0.327 e. The van der Waals surface area contributed by atoms with Crippen molar-refractivity contribution in [1.29, 1.82) is 0 Å². The van der Waals surface area contributed by atoms with Gasteiger partial charge in [0.2, 0.25) is 0 Å². The molecule has 0 bridgehead atoms. The summed E-state index contributed by atoms with van der Waals surface area (Å²) >= 11 is 0. The summed E-state index contributed by atoms with van der Waals surface area (Å²) in [6.07, 6.45) is 2.65. The number of amides is 3. The van der Waals surface area contributed by atoms with E-state index in [0.717, 1.165) is 38.9 Å². The van der Waals surface area contributed by atoms with E-state index in [0.29, 0.717) is 0 Å². The molecule has 5 heteroatoms. The number of fused-ring (bicyclic) bond motifs is 1. The largest absolute Gasteiger partial charge is 0.369 e. The Bertz CT molecular complexity index is 552. The first kappa shape index (κ1) is 12.7. The predicted molar refractivity (Wildman–Crippen MR) is 79.0 cm³/mol. The smallest absolute Gasteiger partial charge is 0.327 e. The van der Waals surface area contributed by atoms with Gasteiger partial charge in [-0.15, -0.1) is 0 Å². The summed E-state index contributed by atoms with van der Waals surface area (Å²) in [7, 11) is 0. The predicted octanol–water partition coefficient (Wildman–Crippen LogP) is 1.69. The highest BCUT2D eigenvalue weighted by Gasteiger charge is 2.50. The van der Waals surface area contributed by atoms with Crippen LogP contribution in [0.1, 0.15) is 19.3 Å². The lowest BCUT2D eigenvalue weighted by atomic mass is 10.2. The zero-order valence-corrected chi connectivity index (χ0v) is 11.9. The third-order valence-electron chi connectivity index (χ3n) is 4.88. The second-order valence-corrected chi connectivity index (χ2v) is 6.07. The first-order valence-electron chi connectivity index (χ1n) is 7.69. The fraction of sp³-hybridized carbons (Fsp3) is 0.500. The van der Waals surface area contributed by atoms with Crippen LogP contribution in [0.15, 0.2) is 30.3 Å². The van der Waals surface area contributed by atoms with Crippen LogP contribution in [0, 0.1) is 0 Å². The minimum Gasteiger partial charge on any atom is -0.369 e. The normalized spacial score (nSPS) is 28.7. The zero-order valence-electron chi connectivity index (χ0n) is 11.9. The Morgan fingerprint density at radius 3 is 2.57 bits per heavy atom. The number of para-hydroxylation sites is 1. The number of benzene rings is 1. The summed E-state index contributed by atoms with van der Waals surface area (Å²) < 4.78 is 0. The number of rotatable bonds is 2. The van der Waals surface area contributed by atoms with E-state index >= 15 is 0 Å². The highest BCUT2D eigenvalue weighted by molar-refractivity contribution is 6.05. The highest BCUT2D eigenvalue weighted by atomic mass is 16.2. The lowest BCUT2D eigenvalue weighted by Crippen LogP contribution is -2.43. The van der Waals surface area contributed by atoms with Gasteiger partial charge in [-0.3, -0.25) is 9.69 Å². The van der Waals surface area contributed by atoms with Crippen LogP contribution in [-0.4, -0.2) is 53.5 Å². The van der Waals surface area contributed by atoms with Crippen molar-refractivity contribution in [3.8, 4) is 0 Å². The van der Waals surface area contributed by atoms with Gasteiger partial charge in [-0.05, 0) is 31.4 Å². The van der Waals surface area contributed by atoms with Gasteiger partial charge in [0, 0.05) is 25.3 Å². The van der Waals surface area contributed by atoms with Crippen LogP contribution in [0.5, 0.6) is 0 Å². The van der Waals surface area contributed by atoms with E-state index in [2.05, 4.69) is 17.0 Å². The molecule has 0 aliphatic carbocycles. The summed E-state index contributed by atoms with van der Waals surface area (Å²) in [5, 5.41) is 0. The molecular formula is C16H19N3O2. The molecule has 3 heterocycles. The molecule has 1 aromatic rings. The average molecular weight is 285 g/mol. The molecule has 4 rings (SSSR count). The van der Waals surface area contributed by atoms with Crippen molar-refractivity contribution in [2.45, 2.75) is 31.3 Å². The van der Waals surface area contributed by atoms with E-state index in [1.807, 2.05) is 18.2 Å². The molecule has 3 aliphatic rings. The number of anilines is 1. The van der Waals surface area contributed by atoms with E-state index in [1.165, 1.54) is 10.6 Å². The molecule has 3 fully saturated rings. The van der Waals surface area contributed by atoms with Crippen LogP contribution in [0.2, 0.25) is 0 Å². The van der Waals surface area contributed by atoms with Crippen molar-refractivity contribution < 1.29 is 9.59 Å². The minimum atomic E-state index is -0.178. The van der Waals surface area contributed by atoms with Crippen LogP contribution in [0.25, 0.3) is 0 Å². The molecule has 21 heavy (non-hydrogen) atoms.